The number of ether oxygens (including phenoxy) is 1. The zero-order chi connectivity index (χ0) is 24.6. The Hall–Kier alpha value is -3.88. The molecule has 178 valence electrons. The number of nitrogens with zero attached hydrogens (tertiary/aromatic N) is 4. The molecule has 9 heteroatoms. The Labute approximate surface area is 197 Å². The number of methoxy groups -OCH3 is 1. The molecule has 0 spiro atoms. The Morgan fingerprint density at radius 2 is 2.06 bits per heavy atom. The van der Waals surface area contributed by atoms with E-state index in [1.807, 2.05) is 17.9 Å². The third-order valence-electron chi connectivity index (χ3n) is 6.57. The van der Waals surface area contributed by atoms with Crippen LogP contribution in [-0.2, 0) is 11.8 Å². The minimum absolute atomic E-state index is 0.0135. The smallest absolute Gasteiger partial charge is 0.274 e. The Balaban J connectivity index is 1.61. The van der Waals surface area contributed by atoms with Crippen LogP contribution in [0.4, 0.5) is 5.69 Å². The predicted molar refractivity (Wildman–Crippen MR) is 130 cm³/mol. The minimum Gasteiger partial charge on any atom is -0.496 e. The highest BCUT2D eigenvalue weighted by Gasteiger charge is 2.29. The van der Waals surface area contributed by atoms with Crippen molar-refractivity contribution in [2.75, 3.05) is 19.5 Å². The summed E-state index contributed by atoms with van der Waals surface area (Å²) in [6.45, 7) is 5.83. The van der Waals surface area contributed by atoms with Crippen molar-refractivity contribution >= 4 is 28.4 Å². The van der Waals surface area contributed by atoms with E-state index in [4.69, 9.17) is 9.84 Å². The van der Waals surface area contributed by atoms with E-state index in [2.05, 4.69) is 11.9 Å². The number of carbonyl (C=O) groups is 2. The Morgan fingerprint density at radius 3 is 2.74 bits per heavy atom. The fourth-order valence-electron chi connectivity index (χ4n) is 4.46. The average molecular weight is 464 g/mol. The fourth-order valence-corrected chi connectivity index (χ4v) is 4.46. The summed E-state index contributed by atoms with van der Waals surface area (Å²) < 4.78 is 8.74. The van der Waals surface area contributed by atoms with Crippen molar-refractivity contribution in [1.82, 2.24) is 19.2 Å². The van der Waals surface area contributed by atoms with Crippen molar-refractivity contribution in [3.63, 3.8) is 0 Å². The molecule has 0 saturated heterocycles. The van der Waals surface area contributed by atoms with Crippen LogP contribution in [0.1, 0.15) is 42.6 Å². The number of amides is 2. The van der Waals surface area contributed by atoms with E-state index in [-0.39, 0.29) is 29.2 Å². The van der Waals surface area contributed by atoms with Gasteiger partial charge in [-0.1, -0.05) is 12.2 Å². The first kappa shape index (κ1) is 23.3. The van der Waals surface area contributed by atoms with Crippen LogP contribution in [0.25, 0.3) is 10.9 Å². The number of pyridine rings is 1. The molecule has 1 fully saturated rings. The maximum Gasteiger partial charge on any atom is 0.274 e. The Morgan fingerprint density at radius 1 is 1.29 bits per heavy atom. The van der Waals surface area contributed by atoms with Gasteiger partial charge in [0, 0.05) is 50.9 Å². The van der Waals surface area contributed by atoms with Gasteiger partial charge in [0.25, 0.3) is 11.5 Å². The highest BCUT2D eigenvalue weighted by Crippen LogP contribution is 2.35. The van der Waals surface area contributed by atoms with E-state index >= 15 is 0 Å². The van der Waals surface area contributed by atoms with Crippen molar-refractivity contribution in [2.24, 2.45) is 7.05 Å². The van der Waals surface area contributed by atoms with Gasteiger partial charge >= 0.3 is 0 Å². The lowest BCUT2D eigenvalue weighted by Crippen LogP contribution is -2.39. The lowest BCUT2D eigenvalue weighted by Gasteiger charge is -2.35. The van der Waals surface area contributed by atoms with Crippen LogP contribution >= 0.6 is 0 Å². The number of rotatable bonds is 5. The molecule has 1 N–H and O–H groups in total. The molecule has 0 bridgehead atoms. The lowest BCUT2D eigenvalue weighted by atomic mass is 9.86. The number of fused-ring (bicyclic) bond motifs is 1. The SMILES string of the molecule is C=C1C[C@H](N(C)C(C)=O)CC[C@H]1n1cc2cc(C(=O)Nc3cccn(C)c3=O)c(OC)cc2n1. The first-order valence-corrected chi connectivity index (χ1v) is 11.1. The van der Waals surface area contributed by atoms with Crippen LogP contribution in [0.2, 0.25) is 0 Å². The van der Waals surface area contributed by atoms with E-state index in [9.17, 15) is 14.4 Å². The van der Waals surface area contributed by atoms with Crippen LogP contribution in [0.5, 0.6) is 5.75 Å². The normalized spacial score (nSPS) is 18.1. The first-order valence-electron chi connectivity index (χ1n) is 11.1. The second-order valence-corrected chi connectivity index (χ2v) is 8.75. The topological polar surface area (TPSA) is 98.5 Å². The minimum atomic E-state index is -0.438. The molecule has 34 heavy (non-hydrogen) atoms. The summed E-state index contributed by atoms with van der Waals surface area (Å²) in [5.41, 5.74) is 1.91. The van der Waals surface area contributed by atoms with Crippen molar-refractivity contribution < 1.29 is 14.3 Å². The summed E-state index contributed by atoms with van der Waals surface area (Å²) in [5.74, 6) is -0.0204. The molecule has 2 aromatic heterocycles. The predicted octanol–water partition coefficient (Wildman–Crippen LogP) is 3.12. The number of aryl methyl sites for hydroxylation is 1. The Bertz CT molecular complexity index is 1340. The maximum absolute atomic E-state index is 13.0. The van der Waals surface area contributed by atoms with E-state index in [1.54, 1.807) is 49.3 Å². The van der Waals surface area contributed by atoms with Gasteiger partial charge in [-0.3, -0.25) is 19.1 Å². The molecule has 1 aliphatic rings. The van der Waals surface area contributed by atoms with Crippen molar-refractivity contribution in [1.29, 1.82) is 0 Å². The number of carbonyl (C=O) groups excluding carboxylic acids is 2. The van der Waals surface area contributed by atoms with E-state index in [0.717, 1.165) is 30.2 Å². The zero-order valence-electron chi connectivity index (χ0n) is 19.9. The quantitative estimate of drug-likeness (QED) is 0.586. The number of benzene rings is 1. The van der Waals surface area contributed by atoms with Gasteiger partial charge in [0.15, 0.2) is 0 Å². The molecule has 1 aromatic carbocycles. The van der Waals surface area contributed by atoms with Gasteiger partial charge in [0.1, 0.15) is 11.4 Å². The first-order chi connectivity index (χ1) is 16.2. The van der Waals surface area contributed by atoms with Crippen LogP contribution in [-0.4, -0.2) is 51.3 Å². The number of anilines is 1. The summed E-state index contributed by atoms with van der Waals surface area (Å²) in [6.07, 6.45) is 5.92. The van der Waals surface area contributed by atoms with Gasteiger partial charge in [-0.2, -0.15) is 5.10 Å². The van der Waals surface area contributed by atoms with Gasteiger partial charge in [0.05, 0.1) is 24.2 Å². The monoisotopic (exact) mass is 463 g/mol. The molecule has 9 nitrogen and oxygen atoms in total. The maximum atomic E-state index is 13.0. The number of hydrogen-bond acceptors (Lipinski definition) is 5. The summed E-state index contributed by atoms with van der Waals surface area (Å²) in [7, 11) is 4.94. The third-order valence-corrected chi connectivity index (χ3v) is 6.57. The third kappa shape index (κ3) is 4.33. The molecule has 3 aromatic rings. The fraction of sp³-hybridized carbons (Fsp3) is 0.360. The molecule has 0 radical (unpaired) electrons. The lowest BCUT2D eigenvalue weighted by molar-refractivity contribution is -0.129. The molecule has 2 amide bonds. The molecule has 2 heterocycles. The van der Waals surface area contributed by atoms with Gasteiger partial charge in [-0.25, -0.2) is 0 Å². The van der Waals surface area contributed by atoms with Crippen LogP contribution in [0, 0.1) is 0 Å². The largest absolute Gasteiger partial charge is 0.496 e. The number of hydrogen-bond donors (Lipinski definition) is 1. The van der Waals surface area contributed by atoms with Crippen LogP contribution in [0.3, 0.4) is 0 Å². The molecule has 1 aliphatic carbocycles. The standard InChI is InChI=1S/C25H29N5O4/c1-15-11-18(29(4)16(2)31)8-9-22(15)30-14-17-12-19(23(34-5)13-21(17)27-30)24(32)26-20-7-6-10-28(3)25(20)33/h6-7,10,12-14,18,22H,1,8-9,11H2,2-5H3,(H,26,32)/t18-,22-/m1/s1. The highest BCUT2D eigenvalue weighted by atomic mass is 16.5. The van der Waals surface area contributed by atoms with E-state index in [1.165, 1.54) is 11.7 Å². The van der Waals surface area contributed by atoms with Gasteiger partial charge in [-0.15, -0.1) is 0 Å². The number of aromatic nitrogens is 3. The highest BCUT2D eigenvalue weighted by molar-refractivity contribution is 6.08. The van der Waals surface area contributed by atoms with Gasteiger partial charge in [-0.05, 0) is 37.5 Å². The average Bonchev–Trinajstić information content (AvgIpc) is 3.23. The van der Waals surface area contributed by atoms with E-state index in [0.29, 0.717) is 16.8 Å². The summed E-state index contributed by atoms with van der Waals surface area (Å²) in [4.78, 5) is 38.8. The molecular weight excluding hydrogens is 434 g/mol. The van der Waals surface area contributed by atoms with Crippen LogP contribution < -0.4 is 15.6 Å². The van der Waals surface area contributed by atoms with Crippen molar-refractivity contribution in [3.8, 4) is 5.75 Å². The van der Waals surface area contributed by atoms with Crippen molar-refractivity contribution in [2.45, 2.75) is 38.3 Å². The second kappa shape index (κ2) is 9.17. The van der Waals surface area contributed by atoms with Crippen LogP contribution in [0.15, 0.2) is 53.6 Å². The van der Waals surface area contributed by atoms with Gasteiger partial charge < -0.3 is 19.5 Å². The molecule has 0 unspecified atom stereocenters. The Kier molecular flexibility index (Phi) is 6.28. The van der Waals surface area contributed by atoms with E-state index < -0.39 is 5.91 Å². The molecule has 1 saturated carbocycles. The number of nitrogens with one attached hydrogen (secondary N) is 1. The summed E-state index contributed by atoms with van der Waals surface area (Å²) >= 11 is 0. The summed E-state index contributed by atoms with van der Waals surface area (Å²) in [5, 5.41) is 8.18. The molecule has 2 atom stereocenters. The molecule has 4 rings (SSSR count). The summed E-state index contributed by atoms with van der Waals surface area (Å²) in [6, 6.07) is 6.86. The molecular formula is C25H29N5O4. The zero-order valence-corrected chi connectivity index (χ0v) is 19.9. The second-order valence-electron chi connectivity index (χ2n) is 8.75. The molecule has 0 aliphatic heterocycles. The van der Waals surface area contributed by atoms with Crippen molar-refractivity contribution in [3.05, 3.63) is 64.7 Å². The van der Waals surface area contributed by atoms with Gasteiger partial charge in [0.2, 0.25) is 5.91 Å².